The highest BCUT2D eigenvalue weighted by atomic mass is 35.5. The first-order valence-electron chi connectivity index (χ1n) is 5.13. The smallest absolute Gasteiger partial charge is 0.404 e. The Balaban J connectivity index is 2.07. The van der Waals surface area contributed by atoms with Gasteiger partial charge in [0.2, 0.25) is 0 Å². The van der Waals surface area contributed by atoms with Crippen LogP contribution in [-0.2, 0) is 6.54 Å². The van der Waals surface area contributed by atoms with Crippen molar-refractivity contribution in [1.82, 2.24) is 4.98 Å². The van der Waals surface area contributed by atoms with E-state index in [1.807, 2.05) is 0 Å². The van der Waals surface area contributed by atoms with Gasteiger partial charge in [0.1, 0.15) is 0 Å². The number of benzene rings is 1. The molecule has 0 atom stereocenters. The zero-order valence-corrected chi connectivity index (χ0v) is 10.9. The van der Waals surface area contributed by atoms with Gasteiger partial charge in [-0.15, -0.1) is 24.5 Å². The van der Waals surface area contributed by atoms with E-state index in [9.17, 15) is 13.2 Å². The molecule has 0 bridgehead atoms. The number of hydrogen-bond donors (Lipinski definition) is 1. The van der Waals surface area contributed by atoms with Gasteiger partial charge >= 0.3 is 6.36 Å². The lowest BCUT2D eigenvalue weighted by Crippen LogP contribution is -2.18. The predicted octanol–water partition coefficient (Wildman–Crippen LogP) is 4.31. The maximum absolute atomic E-state index is 12.2. The van der Waals surface area contributed by atoms with Crippen LogP contribution in [-0.4, -0.2) is 11.3 Å². The van der Waals surface area contributed by atoms with Crippen molar-refractivity contribution >= 4 is 28.6 Å². The monoisotopic (exact) mass is 308 g/mol. The lowest BCUT2D eigenvalue weighted by molar-refractivity contribution is -0.274. The number of alkyl halides is 3. The van der Waals surface area contributed by atoms with Crippen molar-refractivity contribution in [3.05, 3.63) is 39.8 Å². The van der Waals surface area contributed by atoms with Crippen LogP contribution >= 0.6 is 22.9 Å². The fourth-order valence-electron chi connectivity index (χ4n) is 1.37. The average molecular weight is 309 g/mol. The number of ether oxygens (including phenoxy) is 1. The van der Waals surface area contributed by atoms with E-state index in [0.29, 0.717) is 11.0 Å². The number of nitrogens with zero attached hydrogens (tertiary/aromatic N) is 1. The van der Waals surface area contributed by atoms with Gasteiger partial charge in [-0.05, 0) is 12.1 Å². The van der Waals surface area contributed by atoms with E-state index in [4.69, 9.17) is 11.6 Å². The van der Waals surface area contributed by atoms with E-state index in [-0.39, 0.29) is 11.4 Å². The molecular formula is C11H8ClF3N2OS. The number of thiazole rings is 1. The number of rotatable bonds is 4. The largest absolute Gasteiger partial charge is 0.573 e. The zero-order chi connectivity index (χ0) is 13.9. The summed E-state index contributed by atoms with van der Waals surface area (Å²) in [5.74, 6) is -0.273. The molecule has 2 aromatic rings. The highest BCUT2D eigenvalue weighted by molar-refractivity contribution is 7.15. The Kier molecular flexibility index (Phi) is 4.16. The summed E-state index contributed by atoms with van der Waals surface area (Å²) in [6, 6.07) is 5.83. The van der Waals surface area contributed by atoms with Gasteiger partial charge in [0.05, 0.1) is 12.2 Å². The summed E-state index contributed by atoms with van der Waals surface area (Å²) in [4.78, 5) is 4.66. The molecule has 0 saturated carbocycles. The summed E-state index contributed by atoms with van der Waals surface area (Å²) in [6.07, 6.45) is -3.15. The third-order valence-electron chi connectivity index (χ3n) is 2.09. The lowest BCUT2D eigenvalue weighted by atomic mass is 10.3. The van der Waals surface area contributed by atoms with Crippen LogP contribution in [0.25, 0.3) is 0 Å². The summed E-state index contributed by atoms with van der Waals surface area (Å²) < 4.78 is 40.9. The van der Waals surface area contributed by atoms with Crippen LogP contribution in [0.5, 0.6) is 5.75 Å². The molecule has 1 aromatic heterocycles. The number of nitrogens with one attached hydrogen (secondary N) is 1. The zero-order valence-electron chi connectivity index (χ0n) is 9.37. The van der Waals surface area contributed by atoms with Gasteiger partial charge in [-0.3, -0.25) is 0 Å². The van der Waals surface area contributed by atoms with Gasteiger partial charge < -0.3 is 10.1 Å². The highest BCUT2D eigenvalue weighted by Gasteiger charge is 2.32. The molecule has 0 fully saturated rings. The van der Waals surface area contributed by atoms with Gasteiger partial charge in [0, 0.05) is 11.1 Å². The minimum absolute atomic E-state index is 0.254. The number of anilines is 1. The van der Waals surface area contributed by atoms with Crippen LogP contribution in [0, 0.1) is 0 Å². The van der Waals surface area contributed by atoms with Crippen molar-refractivity contribution < 1.29 is 17.9 Å². The van der Waals surface area contributed by atoms with Gasteiger partial charge in [-0.2, -0.15) is 0 Å². The van der Waals surface area contributed by atoms with E-state index in [0.717, 1.165) is 4.88 Å². The molecule has 1 N–H and O–H groups in total. The van der Waals surface area contributed by atoms with E-state index in [1.165, 1.54) is 29.5 Å². The molecule has 8 heteroatoms. The molecule has 0 radical (unpaired) electrons. The maximum Gasteiger partial charge on any atom is 0.573 e. The van der Waals surface area contributed by atoms with E-state index in [2.05, 4.69) is 15.0 Å². The van der Waals surface area contributed by atoms with Gasteiger partial charge in [-0.25, -0.2) is 4.98 Å². The molecule has 0 saturated heterocycles. The summed E-state index contributed by atoms with van der Waals surface area (Å²) in [7, 11) is 0. The molecular weight excluding hydrogens is 301 g/mol. The summed E-state index contributed by atoms with van der Waals surface area (Å²) >= 11 is 6.92. The fraction of sp³-hybridized carbons (Fsp3) is 0.182. The second-order valence-electron chi connectivity index (χ2n) is 3.48. The van der Waals surface area contributed by atoms with Crippen molar-refractivity contribution in [2.45, 2.75) is 12.9 Å². The Bertz CT molecular complexity index is 559. The molecule has 0 spiro atoms. The number of aromatic nitrogens is 1. The lowest BCUT2D eigenvalue weighted by Gasteiger charge is -2.13. The van der Waals surface area contributed by atoms with Crippen molar-refractivity contribution in [3.8, 4) is 5.75 Å². The highest BCUT2D eigenvalue weighted by Crippen LogP contribution is 2.30. The Morgan fingerprint density at radius 2 is 2.05 bits per heavy atom. The molecule has 3 nitrogen and oxygen atoms in total. The van der Waals surface area contributed by atoms with E-state index >= 15 is 0 Å². The maximum atomic E-state index is 12.2. The second-order valence-corrected chi connectivity index (χ2v) is 5.17. The second kappa shape index (κ2) is 5.66. The van der Waals surface area contributed by atoms with Crippen LogP contribution in [0.2, 0.25) is 4.47 Å². The standard InChI is InChI=1S/C11H8ClF3N2OS/c12-10-17-6-7(19-10)5-16-8-3-1-2-4-9(8)18-11(13,14)15/h1-4,6,16H,5H2. The van der Waals surface area contributed by atoms with Crippen molar-refractivity contribution in [3.63, 3.8) is 0 Å². The molecule has 2 rings (SSSR count). The third-order valence-corrected chi connectivity index (χ3v) is 3.21. The van der Waals surface area contributed by atoms with Crippen LogP contribution < -0.4 is 10.1 Å². The Morgan fingerprint density at radius 3 is 2.68 bits per heavy atom. The minimum Gasteiger partial charge on any atom is -0.404 e. The van der Waals surface area contributed by atoms with Gasteiger partial charge in [-0.1, -0.05) is 23.7 Å². The topological polar surface area (TPSA) is 34.1 Å². The SMILES string of the molecule is FC(F)(F)Oc1ccccc1NCc1cnc(Cl)s1. The molecule has 0 aliphatic carbocycles. The molecule has 19 heavy (non-hydrogen) atoms. The first-order valence-corrected chi connectivity index (χ1v) is 6.32. The third kappa shape index (κ3) is 4.29. The molecule has 1 heterocycles. The fourth-order valence-corrected chi connectivity index (χ4v) is 2.29. The average Bonchev–Trinajstić information content (AvgIpc) is 2.72. The van der Waals surface area contributed by atoms with Gasteiger partial charge in [0.15, 0.2) is 10.2 Å². The van der Waals surface area contributed by atoms with Crippen LogP contribution in [0.1, 0.15) is 4.88 Å². The normalized spacial score (nSPS) is 11.4. The Morgan fingerprint density at radius 1 is 1.32 bits per heavy atom. The van der Waals surface area contributed by atoms with Crippen LogP contribution in [0.4, 0.5) is 18.9 Å². The molecule has 0 unspecified atom stereocenters. The van der Waals surface area contributed by atoms with Gasteiger partial charge in [0.25, 0.3) is 0 Å². The van der Waals surface area contributed by atoms with E-state index < -0.39 is 6.36 Å². The molecule has 102 valence electrons. The summed E-state index contributed by atoms with van der Waals surface area (Å²) in [5, 5.41) is 2.85. The number of hydrogen-bond acceptors (Lipinski definition) is 4. The first-order chi connectivity index (χ1) is 8.94. The summed E-state index contributed by atoms with van der Waals surface area (Å²) in [5.41, 5.74) is 0.254. The quantitative estimate of drug-likeness (QED) is 0.914. The number of para-hydroxylation sites is 2. The van der Waals surface area contributed by atoms with Crippen LogP contribution in [0.15, 0.2) is 30.5 Å². The van der Waals surface area contributed by atoms with Crippen molar-refractivity contribution in [1.29, 1.82) is 0 Å². The molecule has 0 aliphatic heterocycles. The summed E-state index contributed by atoms with van der Waals surface area (Å²) in [6.45, 7) is 0.322. The van der Waals surface area contributed by atoms with E-state index in [1.54, 1.807) is 12.3 Å². The minimum atomic E-state index is -4.72. The molecule has 0 aliphatic rings. The predicted molar refractivity (Wildman–Crippen MR) is 67.6 cm³/mol. The van der Waals surface area contributed by atoms with Crippen molar-refractivity contribution in [2.24, 2.45) is 0 Å². The first kappa shape index (κ1) is 14.0. The number of halogens is 4. The Hall–Kier alpha value is -1.47. The molecule has 0 amide bonds. The van der Waals surface area contributed by atoms with Crippen LogP contribution in [0.3, 0.4) is 0 Å². The Labute approximate surface area is 116 Å². The molecule has 1 aromatic carbocycles. The van der Waals surface area contributed by atoms with Crippen molar-refractivity contribution in [2.75, 3.05) is 5.32 Å².